The second kappa shape index (κ2) is 10.8. The molecule has 1 fully saturated rings. The summed E-state index contributed by atoms with van der Waals surface area (Å²) in [6, 6.07) is 17.6. The standard InChI is InChI=1S/C23H23N3O4/c24-14-18(23(28)26-19-5-2-1-3-6-19)13-17-8-10-20(11-9-17)30-16-22(27)25-15-21-7-4-12-29-21/h1-3,5-6,8-11,13,21H,4,7,12,15-16H2,(H,25,27)(H,26,28)/b18-13+/t21-/m0/s1. The van der Waals surface area contributed by atoms with Crippen molar-refractivity contribution in [1.82, 2.24) is 5.32 Å². The van der Waals surface area contributed by atoms with Gasteiger partial charge in [-0.25, -0.2) is 0 Å². The van der Waals surface area contributed by atoms with E-state index < -0.39 is 5.91 Å². The summed E-state index contributed by atoms with van der Waals surface area (Å²) >= 11 is 0. The van der Waals surface area contributed by atoms with E-state index in [9.17, 15) is 14.9 Å². The number of para-hydroxylation sites is 1. The van der Waals surface area contributed by atoms with Gasteiger partial charge >= 0.3 is 0 Å². The van der Waals surface area contributed by atoms with Crippen LogP contribution in [0.1, 0.15) is 18.4 Å². The van der Waals surface area contributed by atoms with Crippen LogP contribution in [-0.2, 0) is 14.3 Å². The topological polar surface area (TPSA) is 100 Å². The molecule has 0 unspecified atom stereocenters. The van der Waals surface area contributed by atoms with Gasteiger partial charge in [-0.2, -0.15) is 5.26 Å². The predicted molar refractivity (Wildman–Crippen MR) is 113 cm³/mol. The smallest absolute Gasteiger partial charge is 0.266 e. The van der Waals surface area contributed by atoms with Crippen LogP contribution in [0, 0.1) is 11.3 Å². The summed E-state index contributed by atoms with van der Waals surface area (Å²) in [4.78, 5) is 24.1. The minimum absolute atomic E-state index is 0.0129. The Balaban J connectivity index is 1.50. The lowest BCUT2D eigenvalue weighted by Crippen LogP contribution is -2.35. The third-order valence-electron chi connectivity index (χ3n) is 4.51. The molecule has 0 spiro atoms. The molecule has 1 aliphatic rings. The largest absolute Gasteiger partial charge is 0.484 e. The van der Waals surface area contributed by atoms with Gasteiger partial charge in [0.1, 0.15) is 17.4 Å². The zero-order chi connectivity index (χ0) is 21.2. The van der Waals surface area contributed by atoms with Crippen molar-refractivity contribution in [1.29, 1.82) is 5.26 Å². The Hall–Kier alpha value is -3.63. The van der Waals surface area contributed by atoms with E-state index in [2.05, 4.69) is 10.6 Å². The number of hydrogen-bond acceptors (Lipinski definition) is 5. The summed E-state index contributed by atoms with van der Waals surface area (Å²) in [5, 5.41) is 14.8. The first-order valence-electron chi connectivity index (χ1n) is 9.73. The van der Waals surface area contributed by atoms with Crippen LogP contribution in [0.4, 0.5) is 5.69 Å². The van der Waals surface area contributed by atoms with Crippen molar-refractivity contribution in [2.24, 2.45) is 0 Å². The van der Waals surface area contributed by atoms with E-state index in [1.54, 1.807) is 48.5 Å². The molecule has 7 heteroatoms. The molecule has 2 amide bonds. The van der Waals surface area contributed by atoms with Crippen LogP contribution in [0.2, 0.25) is 0 Å². The van der Waals surface area contributed by atoms with E-state index in [1.165, 1.54) is 6.08 Å². The highest BCUT2D eigenvalue weighted by molar-refractivity contribution is 6.09. The van der Waals surface area contributed by atoms with Gasteiger partial charge in [0.15, 0.2) is 6.61 Å². The third kappa shape index (κ3) is 6.47. The molecule has 1 saturated heterocycles. The molecule has 0 bridgehead atoms. The van der Waals surface area contributed by atoms with Crippen molar-refractivity contribution >= 4 is 23.6 Å². The molecule has 30 heavy (non-hydrogen) atoms. The molecular weight excluding hydrogens is 382 g/mol. The average molecular weight is 405 g/mol. The number of carbonyl (C=O) groups excluding carboxylic acids is 2. The second-order valence-electron chi connectivity index (χ2n) is 6.79. The molecule has 0 aromatic heterocycles. The average Bonchev–Trinajstić information content (AvgIpc) is 3.30. The Labute approximate surface area is 175 Å². The fourth-order valence-electron chi connectivity index (χ4n) is 2.93. The van der Waals surface area contributed by atoms with Gasteiger partial charge in [0.05, 0.1) is 6.10 Å². The van der Waals surface area contributed by atoms with Gasteiger partial charge in [0.2, 0.25) is 0 Å². The van der Waals surface area contributed by atoms with Crippen molar-refractivity contribution in [2.45, 2.75) is 18.9 Å². The molecule has 2 aromatic rings. The van der Waals surface area contributed by atoms with E-state index in [0.717, 1.165) is 19.4 Å². The zero-order valence-electron chi connectivity index (χ0n) is 16.5. The number of anilines is 1. The number of rotatable bonds is 8. The number of hydrogen-bond donors (Lipinski definition) is 2. The Kier molecular flexibility index (Phi) is 7.58. The molecule has 1 aliphatic heterocycles. The van der Waals surface area contributed by atoms with Crippen LogP contribution in [0.15, 0.2) is 60.2 Å². The van der Waals surface area contributed by atoms with E-state index in [0.29, 0.717) is 23.5 Å². The SMILES string of the molecule is N#C/C(=C\c1ccc(OCC(=O)NC[C@@H]2CCCO2)cc1)C(=O)Nc1ccccc1. The van der Waals surface area contributed by atoms with Crippen LogP contribution >= 0.6 is 0 Å². The fraction of sp³-hybridized carbons (Fsp3) is 0.261. The number of benzene rings is 2. The Morgan fingerprint density at radius 2 is 1.93 bits per heavy atom. The fourth-order valence-corrected chi connectivity index (χ4v) is 2.93. The van der Waals surface area contributed by atoms with Gasteiger partial charge in [-0.1, -0.05) is 30.3 Å². The van der Waals surface area contributed by atoms with Gasteiger partial charge in [-0.05, 0) is 48.7 Å². The number of ether oxygens (including phenoxy) is 2. The highest BCUT2D eigenvalue weighted by atomic mass is 16.5. The minimum Gasteiger partial charge on any atom is -0.484 e. The maximum Gasteiger partial charge on any atom is 0.266 e. The number of nitrogens with zero attached hydrogens (tertiary/aromatic N) is 1. The van der Waals surface area contributed by atoms with Gasteiger partial charge in [0, 0.05) is 18.8 Å². The van der Waals surface area contributed by atoms with Crippen LogP contribution in [0.5, 0.6) is 5.75 Å². The minimum atomic E-state index is -0.480. The molecule has 0 aliphatic carbocycles. The lowest BCUT2D eigenvalue weighted by Gasteiger charge is -2.11. The Morgan fingerprint density at radius 3 is 2.60 bits per heavy atom. The number of carbonyl (C=O) groups is 2. The van der Waals surface area contributed by atoms with Crippen LogP contribution in [0.25, 0.3) is 6.08 Å². The summed E-state index contributed by atoms with van der Waals surface area (Å²) in [6.45, 7) is 1.15. The van der Waals surface area contributed by atoms with Gasteiger partial charge in [0.25, 0.3) is 11.8 Å². The second-order valence-corrected chi connectivity index (χ2v) is 6.79. The highest BCUT2D eigenvalue weighted by Crippen LogP contribution is 2.16. The maximum absolute atomic E-state index is 12.3. The van der Waals surface area contributed by atoms with Crippen molar-refractivity contribution in [3.8, 4) is 11.8 Å². The van der Waals surface area contributed by atoms with E-state index in [4.69, 9.17) is 9.47 Å². The van der Waals surface area contributed by atoms with Crippen molar-refractivity contribution in [2.75, 3.05) is 25.1 Å². The monoisotopic (exact) mass is 405 g/mol. The van der Waals surface area contributed by atoms with Gasteiger partial charge in [-0.15, -0.1) is 0 Å². The number of nitriles is 1. The van der Waals surface area contributed by atoms with Crippen molar-refractivity contribution < 1.29 is 19.1 Å². The summed E-state index contributed by atoms with van der Waals surface area (Å²) in [5.41, 5.74) is 1.27. The highest BCUT2D eigenvalue weighted by Gasteiger charge is 2.16. The predicted octanol–water partition coefficient (Wildman–Crippen LogP) is 2.91. The van der Waals surface area contributed by atoms with Crippen LogP contribution in [-0.4, -0.2) is 37.7 Å². The summed E-state index contributed by atoms with van der Waals surface area (Å²) < 4.78 is 10.9. The molecule has 0 radical (unpaired) electrons. The lowest BCUT2D eigenvalue weighted by atomic mass is 10.1. The maximum atomic E-state index is 12.3. The molecule has 0 saturated carbocycles. The normalized spacial score (nSPS) is 15.8. The number of amides is 2. The van der Waals surface area contributed by atoms with Crippen molar-refractivity contribution in [3.05, 3.63) is 65.7 Å². The summed E-state index contributed by atoms with van der Waals surface area (Å²) in [6.07, 6.45) is 3.58. The molecule has 2 aromatic carbocycles. The summed E-state index contributed by atoms with van der Waals surface area (Å²) in [7, 11) is 0. The summed E-state index contributed by atoms with van der Waals surface area (Å²) in [5.74, 6) is -0.169. The molecule has 154 valence electrons. The van der Waals surface area contributed by atoms with Crippen LogP contribution < -0.4 is 15.4 Å². The van der Waals surface area contributed by atoms with Gasteiger partial charge in [-0.3, -0.25) is 9.59 Å². The molecule has 7 nitrogen and oxygen atoms in total. The number of nitrogens with one attached hydrogen (secondary N) is 2. The molecule has 2 N–H and O–H groups in total. The molecule has 1 heterocycles. The van der Waals surface area contributed by atoms with E-state index in [1.807, 2.05) is 12.1 Å². The van der Waals surface area contributed by atoms with E-state index in [-0.39, 0.29) is 24.2 Å². The Morgan fingerprint density at radius 1 is 1.17 bits per heavy atom. The molecular formula is C23H23N3O4. The van der Waals surface area contributed by atoms with Gasteiger partial charge < -0.3 is 20.1 Å². The Bertz CT molecular complexity index is 927. The lowest BCUT2D eigenvalue weighted by molar-refractivity contribution is -0.123. The first kappa shape index (κ1) is 21.1. The molecule has 1 atom stereocenters. The van der Waals surface area contributed by atoms with E-state index >= 15 is 0 Å². The molecule has 3 rings (SSSR count). The quantitative estimate of drug-likeness (QED) is 0.520. The van der Waals surface area contributed by atoms with Crippen LogP contribution in [0.3, 0.4) is 0 Å². The van der Waals surface area contributed by atoms with Crippen molar-refractivity contribution in [3.63, 3.8) is 0 Å². The third-order valence-corrected chi connectivity index (χ3v) is 4.51. The first-order chi connectivity index (χ1) is 14.6. The first-order valence-corrected chi connectivity index (χ1v) is 9.73. The zero-order valence-corrected chi connectivity index (χ0v) is 16.5.